The zero-order valence-electron chi connectivity index (χ0n) is 24.8. The van der Waals surface area contributed by atoms with Crippen LogP contribution >= 0.6 is 0 Å². The van der Waals surface area contributed by atoms with Crippen molar-refractivity contribution in [1.82, 2.24) is 4.98 Å². The Bertz CT molecular complexity index is 1150. The van der Waals surface area contributed by atoms with E-state index >= 15 is 0 Å². The summed E-state index contributed by atoms with van der Waals surface area (Å²) in [6, 6.07) is 12.6. The number of aliphatic hydroxyl groups excluding tert-OH is 1. The summed E-state index contributed by atoms with van der Waals surface area (Å²) < 4.78 is 15.0. The molecule has 0 aliphatic rings. The molecule has 3 N–H and O–H groups in total. The van der Waals surface area contributed by atoms with E-state index in [1.54, 1.807) is 31.4 Å². The predicted molar refractivity (Wildman–Crippen MR) is 158 cm³/mol. The number of methoxy groups -OCH3 is 2. The number of allylic oxidation sites excluding steroid dienone is 1. The van der Waals surface area contributed by atoms with Crippen molar-refractivity contribution >= 4 is 29.1 Å². The van der Waals surface area contributed by atoms with E-state index in [2.05, 4.69) is 37.7 Å². The number of H-pyrrole nitrogens is 1. The molecule has 0 aliphatic heterocycles. The number of aromatic nitrogens is 1. The highest BCUT2D eigenvalue weighted by Gasteiger charge is 2.15. The molecule has 0 bridgehead atoms. The second-order valence-corrected chi connectivity index (χ2v) is 8.69. The number of benzene rings is 2. The van der Waals surface area contributed by atoms with Gasteiger partial charge in [-0.15, -0.1) is 0 Å². The van der Waals surface area contributed by atoms with Crippen molar-refractivity contribution in [2.24, 2.45) is 0 Å². The van der Waals surface area contributed by atoms with Crippen LogP contribution in [0.2, 0.25) is 0 Å². The quantitative estimate of drug-likeness (QED) is 0.150. The Morgan fingerprint density at radius 1 is 1.00 bits per heavy atom. The molecule has 0 radical (unpaired) electrons. The molecule has 9 nitrogen and oxygen atoms in total. The number of hydrogen-bond donors (Lipinski definition) is 3. The van der Waals surface area contributed by atoms with Gasteiger partial charge in [-0.1, -0.05) is 39.2 Å². The minimum Gasteiger partial charge on any atom is -0.497 e. The Kier molecular flexibility index (Phi) is 19.8. The molecule has 0 saturated carbocycles. The molecule has 2 aromatic carbocycles. The van der Waals surface area contributed by atoms with E-state index in [9.17, 15) is 14.4 Å². The Labute approximate surface area is 237 Å². The van der Waals surface area contributed by atoms with Crippen molar-refractivity contribution < 1.29 is 38.6 Å². The molecule has 1 aromatic heterocycles. The van der Waals surface area contributed by atoms with Gasteiger partial charge in [-0.3, -0.25) is 4.79 Å². The lowest BCUT2D eigenvalue weighted by Crippen LogP contribution is -3.05. The maximum Gasteiger partial charge on any atom is 0.343 e. The van der Waals surface area contributed by atoms with Crippen molar-refractivity contribution in [1.29, 1.82) is 0 Å². The van der Waals surface area contributed by atoms with Crippen LogP contribution in [0.25, 0.3) is 10.9 Å². The van der Waals surface area contributed by atoms with Crippen molar-refractivity contribution in [3.63, 3.8) is 0 Å². The van der Waals surface area contributed by atoms with Crippen molar-refractivity contribution in [2.75, 3.05) is 42.0 Å². The first-order chi connectivity index (χ1) is 19.3. The SMILES string of the molecule is CCCCC.CO.COC(=O)/C=C/C=O.COc1ccc(C(=O)Oc2cccc3[nH]cc(CC[NH+](C)C)c23)cc1. The molecule has 9 heteroatoms. The van der Waals surface area contributed by atoms with Gasteiger partial charge in [0.15, 0.2) is 0 Å². The zero-order chi connectivity index (χ0) is 30.3. The number of nitrogens with one attached hydrogen (secondary N) is 2. The number of aldehydes is 1. The van der Waals surface area contributed by atoms with E-state index in [0.29, 0.717) is 23.3 Å². The molecule has 0 atom stereocenters. The third kappa shape index (κ3) is 13.7. The normalized spacial score (nSPS) is 9.93. The zero-order valence-corrected chi connectivity index (χ0v) is 24.8. The monoisotopic (exact) mass is 557 g/mol. The van der Waals surface area contributed by atoms with E-state index in [1.807, 2.05) is 24.4 Å². The van der Waals surface area contributed by atoms with Crippen LogP contribution in [0.15, 0.2) is 60.8 Å². The lowest BCUT2D eigenvalue weighted by atomic mass is 10.1. The summed E-state index contributed by atoms with van der Waals surface area (Å²) in [6.07, 6.45) is 9.63. The fourth-order valence-electron chi connectivity index (χ4n) is 3.31. The minimum absolute atomic E-state index is 0.375. The number of rotatable bonds is 10. The number of aliphatic hydroxyl groups is 1. The standard InChI is InChI=1S/C20H22N2O3.C5H6O3.C5H12.CH4O/c1-22(2)12-11-15-13-21-17-5-4-6-18(19(15)17)25-20(23)14-7-9-16(24-3)10-8-14;1-8-5(7)3-2-4-6;1-3-5-4-2;1-2/h4-10,13,21H,11-12H2,1-3H3;2-4H,1H3;3-5H2,1-2H3;2H,1H3/p+1/b;3-2+;;. The number of esters is 2. The number of fused-ring (bicyclic) bond motifs is 1. The van der Waals surface area contributed by atoms with Crippen LogP contribution in [0.4, 0.5) is 0 Å². The van der Waals surface area contributed by atoms with Gasteiger partial charge in [-0.05, 0) is 48.0 Å². The number of carbonyl (C=O) groups excluding carboxylic acids is 3. The van der Waals surface area contributed by atoms with Gasteiger partial charge < -0.3 is 29.2 Å². The third-order valence-corrected chi connectivity index (χ3v) is 5.39. The summed E-state index contributed by atoms with van der Waals surface area (Å²) in [4.78, 5) is 36.8. The van der Waals surface area contributed by atoms with Gasteiger partial charge in [0.05, 0.1) is 40.4 Å². The number of carbonyl (C=O) groups is 3. The molecule has 0 spiro atoms. The van der Waals surface area contributed by atoms with Crippen LogP contribution in [-0.4, -0.2) is 70.3 Å². The maximum absolute atomic E-state index is 12.5. The summed E-state index contributed by atoms with van der Waals surface area (Å²) in [5.41, 5.74) is 2.63. The number of likely N-dealkylation sites (N-methyl/N-ethyl adjacent to an activating group) is 1. The van der Waals surface area contributed by atoms with Crippen molar-refractivity contribution in [3.05, 3.63) is 71.9 Å². The Morgan fingerprint density at radius 3 is 2.15 bits per heavy atom. The summed E-state index contributed by atoms with van der Waals surface area (Å²) in [5, 5.41) is 7.98. The average Bonchev–Trinajstić information content (AvgIpc) is 3.41. The van der Waals surface area contributed by atoms with Crippen LogP contribution in [0, 0.1) is 0 Å². The Balaban J connectivity index is 0.000000842. The van der Waals surface area contributed by atoms with Crippen LogP contribution in [0.5, 0.6) is 11.5 Å². The summed E-state index contributed by atoms with van der Waals surface area (Å²) in [7, 11) is 8.09. The van der Waals surface area contributed by atoms with E-state index in [0.717, 1.165) is 48.7 Å². The van der Waals surface area contributed by atoms with E-state index in [4.69, 9.17) is 14.6 Å². The second-order valence-electron chi connectivity index (χ2n) is 8.69. The van der Waals surface area contributed by atoms with Crippen LogP contribution < -0.4 is 14.4 Å². The number of hydrogen-bond acceptors (Lipinski definition) is 7. The van der Waals surface area contributed by atoms with E-state index < -0.39 is 5.97 Å². The van der Waals surface area contributed by atoms with Crippen LogP contribution in [0.3, 0.4) is 0 Å². The molecule has 0 fully saturated rings. The first-order valence-electron chi connectivity index (χ1n) is 13.2. The number of ether oxygens (including phenoxy) is 3. The first kappa shape index (κ1) is 36.0. The van der Waals surface area contributed by atoms with Gasteiger partial charge in [0.2, 0.25) is 0 Å². The molecule has 0 amide bonds. The molecule has 40 heavy (non-hydrogen) atoms. The Morgan fingerprint density at radius 2 is 1.65 bits per heavy atom. The molecule has 0 unspecified atom stereocenters. The largest absolute Gasteiger partial charge is 0.497 e. The molecular formula is C31H45N2O7+. The van der Waals surface area contributed by atoms with Gasteiger partial charge in [-0.25, -0.2) is 9.59 Å². The highest BCUT2D eigenvalue weighted by molar-refractivity contribution is 5.96. The van der Waals surface area contributed by atoms with Crippen LogP contribution in [-0.2, 0) is 20.7 Å². The third-order valence-electron chi connectivity index (χ3n) is 5.39. The summed E-state index contributed by atoms with van der Waals surface area (Å²) in [6.45, 7) is 5.43. The molecule has 1 heterocycles. The lowest BCUT2D eigenvalue weighted by molar-refractivity contribution is -0.858. The highest BCUT2D eigenvalue weighted by atomic mass is 16.5. The molecular weight excluding hydrogens is 512 g/mol. The minimum atomic E-state index is -0.517. The van der Waals surface area contributed by atoms with Crippen molar-refractivity contribution in [3.8, 4) is 11.5 Å². The summed E-state index contributed by atoms with van der Waals surface area (Å²) in [5.74, 6) is 0.402. The predicted octanol–water partition coefficient (Wildman–Crippen LogP) is 3.80. The number of quaternary nitrogens is 1. The van der Waals surface area contributed by atoms with E-state index in [-0.39, 0.29) is 5.97 Å². The number of unbranched alkanes of at least 4 members (excludes halogenated alkanes) is 2. The Hall–Kier alpha value is -3.95. The fraction of sp³-hybridized carbons (Fsp3) is 0.387. The topological polar surface area (TPSA) is 119 Å². The smallest absolute Gasteiger partial charge is 0.343 e. The fourth-order valence-corrected chi connectivity index (χ4v) is 3.31. The van der Waals surface area contributed by atoms with Gasteiger partial charge >= 0.3 is 11.9 Å². The maximum atomic E-state index is 12.5. The first-order valence-corrected chi connectivity index (χ1v) is 13.2. The molecule has 220 valence electrons. The van der Waals surface area contributed by atoms with Crippen molar-refractivity contribution in [2.45, 2.75) is 39.5 Å². The average molecular weight is 558 g/mol. The summed E-state index contributed by atoms with van der Waals surface area (Å²) >= 11 is 0. The molecule has 0 aliphatic carbocycles. The van der Waals surface area contributed by atoms with Gasteiger partial charge in [0, 0.05) is 36.7 Å². The molecule has 0 saturated heterocycles. The van der Waals surface area contributed by atoms with Crippen LogP contribution in [0.1, 0.15) is 49.0 Å². The van der Waals surface area contributed by atoms with Gasteiger partial charge in [-0.2, -0.15) is 0 Å². The highest BCUT2D eigenvalue weighted by Crippen LogP contribution is 2.29. The second kappa shape index (κ2) is 21.9. The molecule has 3 aromatic rings. The van der Waals surface area contributed by atoms with Gasteiger partial charge in [0.25, 0.3) is 0 Å². The van der Waals surface area contributed by atoms with E-state index in [1.165, 1.54) is 31.3 Å². The number of aromatic amines is 1. The lowest BCUT2D eigenvalue weighted by Gasteiger charge is -2.09. The molecule has 3 rings (SSSR count). The van der Waals surface area contributed by atoms with Gasteiger partial charge in [0.1, 0.15) is 17.8 Å².